The number of carbonyl (C=O) groups is 1. The van der Waals surface area contributed by atoms with E-state index >= 15 is 0 Å². The first-order chi connectivity index (χ1) is 10.8. The molecule has 2 heterocycles. The van der Waals surface area contributed by atoms with Crippen LogP contribution in [0.25, 0.3) is 22.6 Å². The Labute approximate surface area is 128 Å². The van der Waals surface area contributed by atoms with Crippen LogP contribution in [-0.4, -0.2) is 27.9 Å². The van der Waals surface area contributed by atoms with Crippen molar-refractivity contribution < 1.29 is 4.79 Å². The fourth-order valence-electron chi connectivity index (χ4n) is 2.14. The van der Waals surface area contributed by atoms with Gasteiger partial charge in [-0.05, 0) is 12.1 Å². The van der Waals surface area contributed by atoms with E-state index < -0.39 is 0 Å². The highest BCUT2D eigenvalue weighted by molar-refractivity contribution is 5.99. The van der Waals surface area contributed by atoms with Gasteiger partial charge in [0.05, 0.1) is 11.3 Å². The summed E-state index contributed by atoms with van der Waals surface area (Å²) < 4.78 is 0. The summed E-state index contributed by atoms with van der Waals surface area (Å²) in [4.78, 5) is 24.9. The normalized spacial score (nSPS) is 10.2. The topological polar surface area (TPSA) is 67.8 Å². The molecule has 22 heavy (non-hydrogen) atoms. The molecule has 0 radical (unpaired) electrons. The molecule has 0 bridgehead atoms. The first-order valence-electron chi connectivity index (χ1n) is 6.84. The van der Waals surface area contributed by atoms with Crippen molar-refractivity contribution in [3.8, 4) is 22.6 Å². The first kappa shape index (κ1) is 13.9. The van der Waals surface area contributed by atoms with E-state index in [2.05, 4.69) is 20.3 Å². The Bertz CT molecular complexity index is 788. The fraction of sp³-hybridized carbons (Fsp3) is 0.0588. The minimum absolute atomic E-state index is 0.208. The van der Waals surface area contributed by atoms with E-state index in [1.807, 2.05) is 42.5 Å². The predicted octanol–water partition coefficient (Wildman–Crippen LogP) is 2.57. The molecule has 3 aromatic rings. The van der Waals surface area contributed by atoms with Crippen LogP contribution in [0.5, 0.6) is 0 Å². The molecule has 0 aliphatic carbocycles. The maximum Gasteiger partial charge on any atom is 0.254 e. The van der Waals surface area contributed by atoms with E-state index in [0.29, 0.717) is 17.1 Å². The zero-order valence-electron chi connectivity index (χ0n) is 12.0. The van der Waals surface area contributed by atoms with E-state index in [1.165, 1.54) is 0 Å². The Kier molecular flexibility index (Phi) is 3.87. The van der Waals surface area contributed by atoms with E-state index in [0.717, 1.165) is 11.1 Å². The Morgan fingerprint density at radius 3 is 2.41 bits per heavy atom. The third-order valence-electron chi connectivity index (χ3n) is 3.25. The van der Waals surface area contributed by atoms with Crippen molar-refractivity contribution in [1.82, 2.24) is 20.3 Å². The second-order valence-corrected chi connectivity index (χ2v) is 4.64. The van der Waals surface area contributed by atoms with Gasteiger partial charge in [0.1, 0.15) is 0 Å². The van der Waals surface area contributed by atoms with Gasteiger partial charge in [0.2, 0.25) is 0 Å². The maximum atomic E-state index is 12.1. The standard InChI is InChI=1S/C17H14N4O/c1-18-17(22)14-11-20-16(13-7-9-19-10-8-13)21-15(14)12-5-3-2-4-6-12/h2-11H,1H3,(H,18,22). The molecular formula is C17H14N4O. The van der Waals surface area contributed by atoms with E-state index in [1.54, 1.807) is 25.6 Å². The summed E-state index contributed by atoms with van der Waals surface area (Å²) in [6.45, 7) is 0. The van der Waals surface area contributed by atoms with Crippen LogP contribution in [0, 0.1) is 0 Å². The molecule has 108 valence electrons. The van der Waals surface area contributed by atoms with Crippen LogP contribution in [0.1, 0.15) is 10.4 Å². The monoisotopic (exact) mass is 290 g/mol. The van der Waals surface area contributed by atoms with Crippen LogP contribution >= 0.6 is 0 Å². The van der Waals surface area contributed by atoms with Crippen LogP contribution in [0.3, 0.4) is 0 Å². The summed E-state index contributed by atoms with van der Waals surface area (Å²) in [7, 11) is 1.59. The van der Waals surface area contributed by atoms with E-state index in [9.17, 15) is 4.79 Å². The number of benzene rings is 1. The molecule has 0 fully saturated rings. The molecule has 0 atom stereocenters. The summed E-state index contributed by atoms with van der Waals surface area (Å²) in [5.74, 6) is 0.356. The zero-order chi connectivity index (χ0) is 15.4. The van der Waals surface area contributed by atoms with Crippen molar-refractivity contribution in [3.63, 3.8) is 0 Å². The lowest BCUT2D eigenvalue weighted by Gasteiger charge is -2.09. The lowest BCUT2D eigenvalue weighted by atomic mass is 10.1. The fourth-order valence-corrected chi connectivity index (χ4v) is 2.14. The second kappa shape index (κ2) is 6.13. The smallest absolute Gasteiger partial charge is 0.254 e. The quantitative estimate of drug-likeness (QED) is 0.805. The third kappa shape index (κ3) is 2.69. The van der Waals surface area contributed by atoms with Gasteiger partial charge in [0.15, 0.2) is 5.82 Å². The molecule has 1 aromatic carbocycles. The number of hydrogen-bond acceptors (Lipinski definition) is 4. The summed E-state index contributed by atoms with van der Waals surface area (Å²) in [6.07, 6.45) is 4.94. The summed E-state index contributed by atoms with van der Waals surface area (Å²) in [5.41, 5.74) is 2.79. The number of pyridine rings is 1. The molecular weight excluding hydrogens is 276 g/mol. The van der Waals surface area contributed by atoms with Crippen molar-refractivity contribution in [2.75, 3.05) is 7.05 Å². The van der Waals surface area contributed by atoms with Gasteiger partial charge >= 0.3 is 0 Å². The van der Waals surface area contributed by atoms with Crippen LogP contribution in [0.4, 0.5) is 0 Å². The van der Waals surface area contributed by atoms with Crippen LogP contribution < -0.4 is 5.32 Å². The molecule has 0 aliphatic heterocycles. The zero-order valence-corrected chi connectivity index (χ0v) is 12.0. The van der Waals surface area contributed by atoms with Crippen LogP contribution in [0.2, 0.25) is 0 Å². The number of nitrogens with zero attached hydrogens (tertiary/aromatic N) is 3. The van der Waals surface area contributed by atoms with Crippen LogP contribution in [0.15, 0.2) is 61.1 Å². The second-order valence-electron chi connectivity index (χ2n) is 4.64. The largest absolute Gasteiger partial charge is 0.355 e. The molecule has 0 aliphatic rings. The highest BCUT2D eigenvalue weighted by Crippen LogP contribution is 2.24. The molecule has 0 unspecified atom stereocenters. The molecule has 1 amide bonds. The lowest BCUT2D eigenvalue weighted by molar-refractivity contribution is 0.0963. The number of rotatable bonds is 3. The highest BCUT2D eigenvalue weighted by Gasteiger charge is 2.15. The van der Waals surface area contributed by atoms with Gasteiger partial charge in [-0.1, -0.05) is 30.3 Å². The molecule has 5 heteroatoms. The highest BCUT2D eigenvalue weighted by atomic mass is 16.1. The third-order valence-corrected chi connectivity index (χ3v) is 3.25. The average molecular weight is 290 g/mol. The Morgan fingerprint density at radius 1 is 1.00 bits per heavy atom. The number of hydrogen-bond donors (Lipinski definition) is 1. The van der Waals surface area contributed by atoms with Crippen molar-refractivity contribution in [2.45, 2.75) is 0 Å². The van der Waals surface area contributed by atoms with Gasteiger partial charge in [0, 0.05) is 36.8 Å². The van der Waals surface area contributed by atoms with Gasteiger partial charge in [-0.3, -0.25) is 9.78 Å². The first-order valence-corrected chi connectivity index (χ1v) is 6.84. The van der Waals surface area contributed by atoms with E-state index in [-0.39, 0.29) is 5.91 Å². The predicted molar refractivity (Wildman–Crippen MR) is 84.1 cm³/mol. The maximum absolute atomic E-state index is 12.1. The summed E-state index contributed by atoms with van der Waals surface area (Å²) in [6, 6.07) is 13.3. The van der Waals surface area contributed by atoms with E-state index in [4.69, 9.17) is 0 Å². The van der Waals surface area contributed by atoms with Gasteiger partial charge in [-0.15, -0.1) is 0 Å². The SMILES string of the molecule is CNC(=O)c1cnc(-c2ccncc2)nc1-c1ccccc1. The van der Waals surface area contributed by atoms with Crippen molar-refractivity contribution >= 4 is 5.91 Å². The van der Waals surface area contributed by atoms with Crippen molar-refractivity contribution in [3.05, 3.63) is 66.6 Å². The van der Waals surface area contributed by atoms with Gasteiger partial charge in [-0.2, -0.15) is 0 Å². The Hall–Kier alpha value is -3.08. The van der Waals surface area contributed by atoms with Crippen molar-refractivity contribution in [2.24, 2.45) is 0 Å². The van der Waals surface area contributed by atoms with Gasteiger partial charge in [-0.25, -0.2) is 9.97 Å². The molecule has 3 rings (SSSR count). The van der Waals surface area contributed by atoms with Gasteiger partial charge < -0.3 is 5.32 Å². The molecule has 1 N–H and O–H groups in total. The Balaban J connectivity index is 2.17. The van der Waals surface area contributed by atoms with Crippen LogP contribution in [-0.2, 0) is 0 Å². The lowest BCUT2D eigenvalue weighted by Crippen LogP contribution is -2.19. The number of nitrogens with one attached hydrogen (secondary N) is 1. The number of amides is 1. The number of carbonyl (C=O) groups excluding carboxylic acids is 1. The molecule has 0 saturated carbocycles. The number of aromatic nitrogens is 3. The average Bonchev–Trinajstić information content (AvgIpc) is 2.62. The Morgan fingerprint density at radius 2 is 1.73 bits per heavy atom. The summed E-state index contributed by atoms with van der Waals surface area (Å²) >= 11 is 0. The minimum atomic E-state index is -0.208. The van der Waals surface area contributed by atoms with Crippen molar-refractivity contribution in [1.29, 1.82) is 0 Å². The molecule has 2 aromatic heterocycles. The minimum Gasteiger partial charge on any atom is -0.355 e. The summed E-state index contributed by atoms with van der Waals surface area (Å²) in [5, 5.41) is 2.62. The molecule has 0 saturated heterocycles. The van der Waals surface area contributed by atoms with Gasteiger partial charge in [0.25, 0.3) is 5.91 Å². The molecule has 0 spiro atoms. The molecule has 5 nitrogen and oxygen atoms in total.